The summed E-state index contributed by atoms with van der Waals surface area (Å²) in [5.41, 5.74) is 2.65. The maximum absolute atomic E-state index is 4.99. The molecule has 1 heterocycles. The van der Waals surface area contributed by atoms with Crippen molar-refractivity contribution >= 4 is 5.82 Å². The number of hydrogen-bond acceptors (Lipinski definition) is 3. The van der Waals surface area contributed by atoms with Gasteiger partial charge in [-0.3, -0.25) is 0 Å². The zero-order valence-corrected chi connectivity index (χ0v) is 14.4. The molecule has 0 saturated heterocycles. The molecule has 1 aromatic rings. The maximum atomic E-state index is 4.99. The van der Waals surface area contributed by atoms with E-state index < -0.39 is 0 Å². The summed E-state index contributed by atoms with van der Waals surface area (Å²) in [5, 5.41) is 3.44. The van der Waals surface area contributed by atoms with E-state index in [2.05, 4.69) is 57.0 Å². The van der Waals surface area contributed by atoms with Gasteiger partial charge in [0.1, 0.15) is 5.82 Å². The fraction of sp³-hybridized carbons (Fsp3) is 0.722. The van der Waals surface area contributed by atoms with Crippen molar-refractivity contribution in [3.63, 3.8) is 0 Å². The van der Waals surface area contributed by atoms with Crippen molar-refractivity contribution < 1.29 is 0 Å². The molecule has 0 amide bonds. The van der Waals surface area contributed by atoms with Gasteiger partial charge in [-0.05, 0) is 43.5 Å². The van der Waals surface area contributed by atoms with E-state index >= 15 is 0 Å². The summed E-state index contributed by atoms with van der Waals surface area (Å²) >= 11 is 0. The Balaban J connectivity index is 2.33. The van der Waals surface area contributed by atoms with E-state index in [1.54, 1.807) is 0 Å². The second-order valence-electron chi connectivity index (χ2n) is 7.17. The van der Waals surface area contributed by atoms with Gasteiger partial charge >= 0.3 is 0 Å². The Morgan fingerprint density at radius 1 is 1.24 bits per heavy atom. The van der Waals surface area contributed by atoms with Gasteiger partial charge in [-0.25, -0.2) is 4.98 Å². The van der Waals surface area contributed by atoms with Crippen LogP contribution >= 0.6 is 0 Å². The number of nitrogens with one attached hydrogen (secondary N) is 1. The van der Waals surface area contributed by atoms with Crippen LogP contribution in [0.25, 0.3) is 0 Å². The van der Waals surface area contributed by atoms with Gasteiger partial charge in [0, 0.05) is 30.2 Å². The first-order chi connectivity index (χ1) is 9.95. The molecule has 118 valence electrons. The second kappa shape index (κ2) is 6.78. The van der Waals surface area contributed by atoms with Gasteiger partial charge in [0.2, 0.25) is 0 Å². The van der Waals surface area contributed by atoms with Crippen LogP contribution in [0.2, 0.25) is 0 Å². The highest BCUT2D eigenvalue weighted by atomic mass is 15.2. The molecule has 2 rings (SSSR count). The number of rotatable bonds is 7. The zero-order chi connectivity index (χ0) is 15.5. The number of pyridine rings is 1. The summed E-state index contributed by atoms with van der Waals surface area (Å²) in [4.78, 5) is 7.51. The Labute approximate surface area is 130 Å². The molecule has 1 aliphatic rings. The Kier molecular flexibility index (Phi) is 5.26. The molecule has 0 unspecified atom stereocenters. The second-order valence-corrected chi connectivity index (χ2v) is 7.17. The average molecular weight is 289 g/mol. The van der Waals surface area contributed by atoms with Crippen LogP contribution in [0.3, 0.4) is 0 Å². The smallest absolute Gasteiger partial charge is 0.129 e. The van der Waals surface area contributed by atoms with Crippen LogP contribution in [0, 0.1) is 0 Å². The van der Waals surface area contributed by atoms with Crippen LogP contribution < -0.4 is 10.2 Å². The number of aromatic nitrogens is 1. The Morgan fingerprint density at radius 2 is 1.95 bits per heavy atom. The summed E-state index contributed by atoms with van der Waals surface area (Å²) < 4.78 is 0. The molecule has 1 aromatic heterocycles. The minimum Gasteiger partial charge on any atom is -0.354 e. The molecule has 0 aliphatic heterocycles. The van der Waals surface area contributed by atoms with Crippen LogP contribution in [0.15, 0.2) is 12.1 Å². The lowest BCUT2D eigenvalue weighted by Crippen LogP contribution is -2.29. The van der Waals surface area contributed by atoms with Crippen molar-refractivity contribution in [2.45, 2.75) is 71.9 Å². The van der Waals surface area contributed by atoms with Gasteiger partial charge in [0.25, 0.3) is 0 Å². The third-order valence-corrected chi connectivity index (χ3v) is 3.97. The molecule has 1 aliphatic carbocycles. The third-order valence-electron chi connectivity index (χ3n) is 3.97. The summed E-state index contributed by atoms with van der Waals surface area (Å²) in [6.07, 6.45) is 3.83. The molecular formula is C18H31N3. The fourth-order valence-electron chi connectivity index (χ4n) is 2.59. The number of hydrogen-bond donors (Lipinski definition) is 1. The predicted octanol–water partition coefficient (Wildman–Crippen LogP) is 3.87. The van der Waals surface area contributed by atoms with E-state index in [-0.39, 0.29) is 5.41 Å². The first-order valence-electron chi connectivity index (χ1n) is 8.44. The molecule has 21 heavy (non-hydrogen) atoms. The molecule has 1 saturated carbocycles. The largest absolute Gasteiger partial charge is 0.354 e. The normalized spacial score (nSPS) is 15.3. The van der Waals surface area contributed by atoms with Crippen LogP contribution in [0.4, 0.5) is 5.82 Å². The van der Waals surface area contributed by atoms with E-state index in [4.69, 9.17) is 4.98 Å². The molecule has 0 bridgehead atoms. The fourth-order valence-corrected chi connectivity index (χ4v) is 2.59. The van der Waals surface area contributed by atoms with E-state index in [1.807, 2.05) is 0 Å². The lowest BCUT2D eigenvalue weighted by Gasteiger charge is -2.27. The lowest BCUT2D eigenvalue weighted by atomic mass is 9.90. The molecular weight excluding hydrogens is 258 g/mol. The highest BCUT2D eigenvalue weighted by molar-refractivity contribution is 5.46. The van der Waals surface area contributed by atoms with Gasteiger partial charge < -0.3 is 10.2 Å². The Hall–Kier alpha value is -1.09. The van der Waals surface area contributed by atoms with Crippen LogP contribution in [0.1, 0.15) is 65.1 Å². The van der Waals surface area contributed by atoms with Crippen molar-refractivity contribution in [2.75, 3.05) is 18.0 Å². The zero-order valence-electron chi connectivity index (χ0n) is 14.4. The van der Waals surface area contributed by atoms with Gasteiger partial charge in [-0.15, -0.1) is 0 Å². The predicted molar refractivity (Wildman–Crippen MR) is 91.0 cm³/mol. The van der Waals surface area contributed by atoms with E-state index in [0.29, 0.717) is 0 Å². The molecule has 0 atom stereocenters. The van der Waals surface area contributed by atoms with Gasteiger partial charge in [-0.1, -0.05) is 34.6 Å². The summed E-state index contributed by atoms with van der Waals surface area (Å²) in [7, 11) is 0. The van der Waals surface area contributed by atoms with Crippen LogP contribution in [-0.4, -0.2) is 24.1 Å². The van der Waals surface area contributed by atoms with Gasteiger partial charge in [0.05, 0.1) is 0 Å². The number of anilines is 1. The molecule has 1 fully saturated rings. The van der Waals surface area contributed by atoms with Gasteiger partial charge in [-0.2, -0.15) is 0 Å². The first kappa shape index (κ1) is 16.3. The molecule has 3 heteroatoms. The molecule has 0 radical (unpaired) electrons. The van der Waals surface area contributed by atoms with Crippen molar-refractivity contribution in [2.24, 2.45) is 0 Å². The van der Waals surface area contributed by atoms with Crippen molar-refractivity contribution in [1.29, 1.82) is 0 Å². The number of nitrogens with zero attached hydrogens (tertiary/aromatic N) is 2. The van der Waals surface area contributed by atoms with E-state index in [9.17, 15) is 0 Å². The molecule has 0 aromatic carbocycles. The Morgan fingerprint density at radius 3 is 2.48 bits per heavy atom. The van der Waals surface area contributed by atoms with Gasteiger partial charge in [0.15, 0.2) is 0 Å². The first-order valence-corrected chi connectivity index (χ1v) is 8.44. The monoisotopic (exact) mass is 289 g/mol. The van der Waals surface area contributed by atoms with E-state index in [0.717, 1.165) is 25.7 Å². The third kappa shape index (κ3) is 4.44. The lowest BCUT2D eigenvalue weighted by molar-refractivity contribution is 0.564. The minimum atomic E-state index is 0.0956. The van der Waals surface area contributed by atoms with E-state index in [1.165, 1.54) is 36.3 Å². The molecule has 3 nitrogen and oxygen atoms in total. The summed E-state index contributed by atoms with van der Waals surface area (Å²) in [5.74, 6) is 1.18. The average Bonchev–Trinajstić information content (AvgIpc) is 3.25. The molecule has 0 spiro atoms. The standard InChI is InChI=1S/C18H31N3/c1-6-10-21(15-8-9-15)17-12-14(13-19-7-2)11-16(20-17)18(3,4)5/h11-12,15,19H,6-10,13H2,1-5H3. The highest BCUT2D eigenvalue weighted by Gasteiger charge is 2.30. The van der Waals surface area contributed by atoms with Crippen molar-refractivity contribution in [1.82, 2.24) is 10.3 Å². The highest BCUT2D eigenvalue weighted by Crippen LogP contribution is 2.33. The summed E-state index contributed by atoms with van der Waals surface area (Å²) in [6.45, 7) is 14.2. The summed E-state index contributed by atoms with van der Waals surface area (Å²) in [6, 6.07) is 5.27. The minimum absolute atomic E-state index is 0.0956. The van der Waals surface area contributed by atoms with Crippen LogP contribution in [0.5, 0.6) is 0 Å². The van der Waals surface area contributed by atoms with Crippen molar-refractivity contribution in [3.8, 4) is 0 Å². The van der Waals surface area contributed by atoms with Crippen molar-refractivity contribution in [3.05, 3.63) is 23.4 Å². The van der Waals surface area contributed by atoms with Crippen LogP contribution in [-0.2, 0) is 12.0 Å². The Bertz CT molecular complexity index is 458. The quantitative estimate of drug-likeness (QED) is 0.826. The SMILES string of the molecule is CCCN(c1cc(CNCC)cc(C(C)(C)C)n1)C1CC1. The topological polar surface area (TPSA) is 28.2 Å². The molecule has 1 N–H and O–H groups in total. The maximum Gasteiger partial charge on any atom is 0.129 e.